The molecule has 2 atom stereocenters. The average molecular weight is 385 g/mol. The molecule has 26 heavy (non-hydrogen) atoms. The van der Waals surface area contributed by atoms with Crippen LogP contribution in [0.5, 0.6) is 0 Å². The third-order valence-electron chi connectivity index (χ3n) is 6.01. The van der Waals surface area contributed by atoms with Crippen molar-refractivity contribution in [2.75, 3.05) is 38.2 Å². The fraction of sp³-hybridized carbons (Fsp3) is 0.850. The van der Waals surface area contributed by atoms with Crippen molar-refractivity contribution in [2.24, 2.45) is 0 Å². The zero-order valence-electron chi connectivity index (χ0n) is 16.8. The number of carbonyl (C=O) groups excluding carboxylic acids is 1. The van der Waals surface area contributed by atoms with Crippen LogP contribution in [0.4, 0.5) is 0 Å². The number of allylic oxidation sites excluding steroid dienone is 1. The lowest BCUT2D eigenvalue weighted by atomic mass is 9.73. The van der Waals surface area contributed by atoms with E-state index in [1.165, 1.54) is 17.3 Å². The second kappa shape index (κ2) is 9.58. The van der Waals surface area contributed by atoms with Crippen LogP contribution < -0.4 is 5.32 Å². The summed E-state index contributed by atoms with van der Waals surface area (Å²) in [4.78, 5) is 14.5. The van der Waals surface area contributed by atoms with Crippen LogP contribution in [0.1, 0.15) is 52.9 Å². The third kappa shape index (κ3) is 5.24. The lowest BCUT2D eigenvalue weighted by Crippen LogP contribution is -2.69. The predicted molar refractivity (Wildman–Crippen MR) is 109 cm³/mol. The van der Waals surface area contributed by atoms with E-state index in [0.717, 1.165) is 45.3 Å². The summed E-state index contributed by atoms with van der Waals surface area (Å²) in [6.45, 7) is 9.86. The summed E-state index contributed by atoms with van der Waals surface area (Å²) >= 11 is 1.50. The molecule has 0 saturated carbocycles. The van der Waals surface area contributed by atoms with Gasteiger partial charge >= 0.3 is 0 Å². The average Bonchev–Trinajstić information content (AvgIpc) is 2.61. The summed E-state index contributed by atoms with van der Waals surface area (Å²) in [6, 6.07) is 0. The van der Waals surface area contributed by atoms with Crippen LogP contribution in [0, 0.1) is 0 Å². The second-order valence-corrected chi connectivity index (χ2v) is 8.86. The van der Waals surface area contributed by atoms with Crippen LogP contribution >= 0.6 is 11.8 Å². The number of hydrogen-bond donors (Lipinski definition) is 2. The van der Waals surface area contributed by atoms with Gasteiger partial charge in [0.1, 0.15) is 6.10 Å². The third-order valence-corrected chi connectivity index (χ3v) is 6.56. The molecule has 2 N–H and O–H groups in total. The summed E-state index contributed by atoms with van der Waals surface area (Å²) in [6.07, 6.45) is 8.06. The molecule has 150 valence electrons. The maximum atomic E-state index is 12.1. The number of carbonyl (C=O) groups is 1. The van der Waals surface area contributed by atoms with Gasteiger partial charge in [0, 0.05) is 26.2 Å². The number of ether oxygens (including phenoxy) is 1. The minimum atomic E-state index is -0.668. The Labute approximate surface area is 162 Å². The number of aliphatic hydroxyl groups excluding tert-OH is 1. The molecule has 0 aliphatic carbocycles. The SMILES string of the molecule is CCC(C)=CCCN1CCC2(CC1)OCC[C@@](C)(NC(=O)CSC)[C@@H]2O. The number of hydrogen-bond acceptors (Lipinski definition) is 5. The lowest BCUT2D eigenvalue weighted by molar-refractivity contribution is -0.207. The van der Waals surface area contributed by atoms with Crippen molar-refractivity contribution in [2.45, 2.75) is 70.1 Å². The summed E-state index contributed by atoms with van der Waals surface area (Å²) in [7, 11) is 0. The minimum absolute atomic E-state index is 0.00776. The van der Waals surface area contributed by atoms with Gasteiger partial charge in [-0.15, -0.1) is 0 Å². The Hall–Kier alpha value is -0.560. The fourth-order valence-corrected chi connectivity index (χ4v) is 4.42. The molecule has 0 unspecified atom stereocenters. The summed E-state index contributed by atoms with van der Waals surface area (Å²) < 4.78 is 6.12. The van der Waals surface area contributed by atoms with Crippen LogP contribution in [-0.4, -0.2) is 71.4 Å². The molecule has 2 aliphatic heterocycles. The van der Waals surface area contributed by atoms with Gasteiger partial charge in [-0.05, 0) is 52.2 Å². The van der Waals surface area contributed by atoms with Crippen molar-refractivity contribution in [3.8, 4) is 0 Å². The molecular formula is C20H36N2O3S. The van der Waals surface area contributed by atoms with Gasteiger partial charge in [-0.1, -0.05) is 18.6 Å². The number of piperidine rings is 1. The Bertz CT molecular complexity index is 503. The first-order valence-corrected chi connectivity index (χ1v) is 11.2. The zero-order chi connectivity index (χ0) is 19.2. The van der Waals surface area contributed by atoms with Gasteiger partial charge in [0.25, 0.3) is 0 Å². The Balaban J connectivity index is 1.92. The topological polar surface area (TPSA) is 61.8 Å². The normalized spacial score (nSPS) is 29.7. The van der Waals surface area contributed by atoms with E-state index in [2.05, 4.69) is 30.1 Å². The molecule has 2 saturated heterocycles. The predicted octanol–water partition coefficient (Wildman–Crippen LogP) is 2.59. The van der Waals surface area contributed by atoms with Crippen LogP contribution in [0.2, 0.25) is 0 Å². The smallest absolute Gasteiger partial charge is 0.230 e. The van der Waals surface area contributed by atoms with E-state index in [0.29, 0.717) is 18.8 Å². The van der Waals surface area contributed by atoms with E-state index in [-0.39, 0.29) is 5.91 Å². The Morgan fingerprint density at radius 3 is 2.69 bits per heavy atom. The standard InChI is InChI=1S/C20H36N2O3S/c1-5-16(2)7-6-11-22-12-8-20(9-13-22)18(24)19(3,10-14-25-20)21-17(23)15-26-4/h7,18,24H,5-6,8-15H2,1-4H3,(H,21,23)/t18-,19+/m0/s1. The first-order chi connectivity index (χ1) is 12.3. The molecule has 2 heterocycles. The number of rotatable bonds is 7. The Morgan fingerprint density at radius 1 is 1.38 bits per heavy atom. The monoisotopic (exact) mass is 384 g/mol. The molecule has 6 heteroatoms. The van der Waals surface area contributed by atoms with E-state index in [4.69, 9.17) is 4.74 Å². The number of likely N-dealkylation sites (tertiary alicyclic amines) is 1. The van der Waals surface area contributed by atoms with Gasteiger partial charge in [-0.3, -0.25) is 4.79 Å². The molecule has 2 aliphatic rings. The number of amides is 1. The molecule has 1 spiro atoms. The number of nitrogens with one attached hydrogen (secondary N) is 1. The fourth-order valence-electron chi connectivity index (χ4n) is 4.09. The molecular weight excluding hydrogens is 348 g/mol. The zero-order valence-corrected chi connectivity index (χ0v) is 17.7. The maximum Gasteiger partial charge on any atom is 0.230 e. The van der Waals surface area contributed by atoms with Gasteiger partial charge in [-0.25, -0.2) is 0 Å². The van der Waals surface area contributed by atoms with Gasteiger partial charge in [0.2, 0.25) is 5.91 Å². The molecule has 0 aromatic rings. The molecule has 2 fully saturated rings. The summed E-state index contributed by atoms with van der Waals surface area (Å²) in [5, 5.41) is 14.2. The Morgan fingerprint density at radius 2 is 2.08 bits per heavy atom. The summed E-state index contributed by atoms with van der Waals surface area (Å²) in [5.41, 5.74) is 0.320. The second-order valence-electron chi connectivity index (χ2n) is 8.00. The van der Waals surface area contributed by atoms with Gasteiger partial charge in [0.05, 0.1) is 16.9 Å². The van der Waals surface area contributed by atoms with Crippen molar-refractivity contribution in [1.29, 1.82) is 0 Å². The van der Waals surface area contributed by atoms with Crippen LogP contribution in [0.25, 0.3) is 0 Å². The highest BCUT2D eigenvalue weighted by atomic mass is 32.2. The first-order valence-electron chi connectivity index (χ1n) is 9.85. The highest BCUT2D eigenvalue weighted by molar-refractivity contribution is 7.99. The number of nitrogens with zero attached hydrogens (tertiary/aromatic N) is 1. The lowest BCUT2D eigenvalue weighted by Gasteiger charge is -2.53. The number of thioether (sulfide) groups is 1. The van der Waals surface area contributed by atoms with E-state index >= 15 is 0 Å². The van der Waals surface area contributed by atoms with Crippen molar-refractivity contribution in [3.05, 3.63) is 11.6 Å². The molecule has 5 nitrogen and oxygen atoms in total. The van der Waals surface area contributed by atoms with Crippen molar-refractivity contribution >= 4 is 17.7 Å². The largest absolute Gasteiger partial charge is 0.388 e. The minimum Gasteiger partial charge on any atom is -0.388 e. The van der Waals surface area contributed by atoms with Gasteiger partial charge in [0.15, 0.2) is 0 Å². The van der Waals surface area contributed by atoms with E-state index in [9.17, 15) is 9.90 Å². The molecule has 1 amide bonds. The van der Waals surface area contributed by atoms with Crippen LogP contribution in [0.3, 0.4) is 0 Å². The molecule has 0 radical (unpaired) electrons. The van der Waals surface area contributed by atoms with E-state index < -0.39 is 17.2 Å². The number of aliphatic hydroxyl groups is 1. The van der Waals surface area contributed by atoms with Crippen LogP contribution in [-0.2, 0) is 9.53 Å². The highest BCUT2D eigenvalue weighted by Gasteiger charge is 2.53. The van der Waals surface area contributed by atoms with Gasteiger partial charge in [-0.2, -0.15) is 11.8 Å². The van der Waals surface area contributed by atoms with Gasteiger partial charge < -0.3 is 20.1 Å². The van der Waals surface area contributed by atoms with Crippen LogP contribution in [0.15, 0.2) is 11.6 Å². The Kier molecular flexibility index (Phi) is 8.01. The maximum absolute atomic E-state index is 12.1. The molecule has 0 bridgehead atoms. The molecule has 2 rings (SSSR count). The van der Waals surface area contributed by atoms with Crippen molar-refractivity contribution in [3.63, 3.8) is 0 Å². The molecule has 0 aromatic carbocycles. The quantitative estimate of drug-likeness (QED) is 0.661. The van der Waals surface area contributed by atoms with E-state index in [1.807, 2.05) is 13.2 Å². The first kappa shape index (κ1) is 21.7. The highest BCUT2D eigenvalue weighted by Crippen LogP contribution is 2.40. The van der Waals surface area contributed by atoms with E-state index in [1.54, 1.807) is 0 Å². The van der Waals surface area contributed by atoms with Crippen molar-refractivity contribution < 1.29 is 14.6 Å². The summed E-state index contributed by atoms with van der Waals surface area (Å²) in [5.74, 6) is 0.417. The van der Waals surface area contributed by atoms with Crippen molar-refractivity contribution in [1.82, 2.24) is 10.2 Å². The molecule has 0 aromatic heterocycles.